The predicted octanol–water partition coefficient (Wildman–Crippen LogP) is 0.898. The van der Waals surface area contributed by atoms with Crippen molar-refractivity contribution >= 4 is 17.6 Å². The molecule has 0 amide bonds. The second kappa shape index (κ2) is 5.16. The van der Waals surface area contributed by atoms with Crippen LogP contribution in [0.15, 0.2) is 21.3 Å². The number of nitrogens with zero attached hydrogens (tertiary/aromatic N) is 4. The predicted molar refractivity (Wildman–Crippen MR) is 73.4 cm³/mol. The highest BCUT2D eigenvalue weighted by Crippen LogP contribution is 2.40. The maximum Gasteiger partial charge on any atom is 0.344 e. The minimum atomic E-state index is -0.183. The summed E-state index contributed by atoms with van der Waals surface area (Å²) in [5.41, 5.74) is -0.183. The number of aromatic nitrogens is 5. The van der Waals surface area contributed by atoms with E-state index in [1.807, 2.05) is 0 Å². The van der Waals surface area contributed by atoms with Gasteiger partial charge in [0.05, 0.1) is 7.11 Å². The van der Waals surface area contributed by atoms with E-state index in [9.17, 15) is 4.79 Å². The van der Waals surface area contributed by atoms with Gasteiger partial charge >= 0.3 is 5.69 Å². The molecule has 1 saturated carbocycles. The van der Waals surface area contributed by atoms with Gasteiger partial charge in [-0.3, -0.25) is 4.57 Å². The molecule has 0 bridgehead atoms. The molecular formula is C11H14N6O2S. The topological polar surface area (TPSA) is 97.7 Å². The maximum atomic E-state index is 11.7. The minimum absolute atomic E-state index is 0.183. The minimum Gasteiger partial charge on any atom is -0.490 e. The number of anilines is 1. The van der Waals surface area contributed by atoms with Gasteiger partial charge in [0.15, 0.2) is 21.7 Å². The molecule has 0 aromatic carbocycles. The highest BCUT2D eigenvalue weighted by molar-refractivity contribution is 7.99. The van der Waals surface area contributed by atoms with Gasteiger partial charge < -0.3 is 10.1 Å². The van der Waals surface area contributed by atoms with Crippen LogP contribution in [-0.4, -0.2) is 38.9 Å². The average Bonchev–Trinajstić information content (AvgIpc) is 3.23. The molecule has 0 saturated heterocycles. The molecule has 3 rings (SSSR count). The fraction of sp³-hybridized carbons (Fsp3) is 0.455. The number of rotatable bonds is 5. The van der Waals surface area contributed by atoms with Crippen molar-refractivity contribution in [1.29, 1.82) is 0 Å². The van der Waals surface area contributed by atoms with Crippen LogP contribution in [0.5, 0.6) is 5.75 Å². The lowest BCUT2D eigenvalue weighted by atomic mass is 10.5. The monoisotopic (exact) mass is 294 g/mol. The Balaban J connectivity index is 1.97. The van der Waals surface area contributed by atoms with Crippen molar-refractivity contribution in [2.45, 2.75) is 29.1 Å². The molecule has 9 heteroatoms. The smallest absolute Gasteiger partial charge is 0.344 e. The van der Waals surface area contributed by atoms with E-state index in [0.717, 1.165) is 12.8 Å². The molecule has 8 nitrogen and oxygen atoms in total. The van der Waals surface area contributed by atoms with Crippen LogP contribution in [0.25, 0.3) is 0 Å². The van der Waals surface area contributed by atoms with E-state index < -0.39 is 0 Å². The summed E-state index contributed by atoms with van der Waals surface area (Å²) in [5.74, 6) is 1.14. The molecule has 2 N–H and O–H groups in total. The van der Waals surface area contributed by atoms with Crippen LogP contribution in [0.3, 0.4) is 0 Å². The van der Waals surface area contributed by atoms with Crippen molar-refractivity contribution in [3.05, 3.63) is 16.8 Å². The molecule has 1 aliphatic carbocycles. The molecule has 1 fully saturated rings. The van der Waals surface area contributed by atoms with E-state index >= 15 is 0 Å². The van der Waals surface area contributed by atoms with E-state index in [-0.39, 0.29) is 11.7 Å². The fourth-order valence-electron chi connectivity index (χ4n) is 1.90. The van der Waals surface area contributed by atoms with Gasteiger partial charge in [0.2, 0.25) is 0 Å². The third-order valence-corrected chi connectivity index (χ3v) is 3.94. The van der Waals surface area contributed by atoms with Gasteiger partial charge in [-0.25, -0.2) is 19.9 Å². The summed E-state index contributed by atoms with van der Waals surface area (Å²) in [7, 11) is 3.32. The number of aromatic amines is 1. The molecule has 0 radical (unpaired) electrons. The Morgan fingerprint density at radius 1 is 1.50 bits per heavy atom. The number of hydrogen-bond donors (Lipinski definition) is 2. The summed E-state index contributed by atoms with van der Waals surface area (Å²) >= 11 is 1.29. The third kappa shape index (κ3) is 2.24. The van der Waals surface area contributed by atoms with Gasteiger partial charge in [0, 0.05) is 13.1 Å². The van der Waals surface area contributed by atoms with Crippen molar-refractivity contribution in [3.8, 4) is 5.75 Å². The van der Waals surface area contributed by atoms with Crippen LogP contribution in [0.1, 0.15) is 18.9 Å². The van der Waals surface area contributed by atoms with E-state index in [1.54, 1.807) is 18.7 Å². The van der Waals surface area contributed by atoms with Crippen LogP contribution >= 0.6 is 11.8 Å². The van der Waals surface area contributed by atoms with Gasteiger partial charge in [-0.1, -0.05) is 0 Å². The zero-order valence-corrected chi connectivity index (χ0v) is 11.9. The highest BCUT2D eigenvalue weighted by Gasteiger charge is 2.29. The first-order valence-electron chi connectivity index (χ1n) is 6.16. The molecule has 2 aromatic heterocycles. The molecule has 20 heavy (non-hydrogen) atoms. The summed E-state index contributed by atoms with van der Waals surface area (Å²) in [4.78, 5) is 20.0. The maximum absolute atomic E-state index is 11.7. The van der Waals surface area contributed by atoms with Crippen LogP contribution in [0.2, 0.25) is 0 Å². The quantitative estimate of drug-likeness (QED) is 0.790. The van der Waals surface area contributed by atoms with E-state index in [4.69, 9.17) is 4.74 Å². The fourth-order valence-corrected chi connectivity index (χ4v) is 2.86. The Labute approximate surface area is 119 Å². The molecule has 0 aliphatic heterocycles. The largest absolute Gasteiger partial charge is 0.490 e. The molecule has 0 unspecified atom stereocenters. The van der Waals surface area contributed by atoms with E-state index in [1.165, 1.54) is 18.1 Å². The Bertz CT molecular complexity index is 678. The standard InChI is InChI=1S/C11H14N6O2S/c1-12-8-7(19-2)9(14-5-13-8)20-11-16-15-10(18)17(11)6-3-4-6/h5-6H,3-4H2,1-2H3,(H,15,18)(H,12,13,14). The van der Waals surface area contributed by atoms with Gasteiger partial charge in [0.1, 0.15) is 6.33 Å². The van der Waals surface area contributed by atoms with Crippen molar-refractivity contribution in [1.82, 2.24) is 24.7 Å². The van der Waals surface area contributed by atoms with Crippen molar-refractivity contribution in [2.24, 2.45) is 0 Å². The Kier molecular flexibility index (Phi) is 3.35. The molecule has 2 aromatic rings. The van der Waals surface area contributed by atoms with Gasteiger partial charge in [-0.2, -0.15) is 0 Å². The first kappa shape index (κ1) is 13.0. The number of ether oxygens (including phenoxy) is 1. The zero-order chi connectivity index (χ0) is 14.1. The summed E-state index contributed by atoms with van der Waals surface area (Å²) in [6, 6.07) is 0.250. The lowest BCUT2D eigenvalue weighted by Crippen LogP contribution is -2.16. The lowest BCUT2D eigenvalue weighted by molar-refractivity contribution is 0.400. The van der Waals surface area contributed by atoms with E-state index in [2.05, 4.69) is 25.5 Å². The van der Waals surface area contributed by atoms with Gasteiger partial charge in [-0.05, 0) is 24.6 Å². The highest BCUT2D eigenvalue weighted by atomic mass is 32.2. The van der Waals surface area contributed by atoms with Crippen LogP contribution in [-0.2, 0) is 0 Å². The zero-order valence-electron chi connectivity index (χ0n) is 11.1. The molecule has 0 atom stereocenters. The summed E-state index contributed by atoms with van der Waals surface area (Å²) in [6.07, 6.45) is 3.47. The molecular weight excluding hydrogens is 280 g/mol. The summed E-state index contributed by atoms with van der Waals surface area (Å²) < 4.78 is 7.00. The summed E-state index contributed by atoms with van der Waals surface area (Å²) in [6.45, 7) is 0. The molecule has 2 heterocycles. The van der Waals surface area contributed by atoms with Crippen LogP contribution in [0, 0.1) is 0 Å². The number of H-pyrrole nitrogens is 1. The Morgan fingerprint density at radius 3 is 2.95 bits per heavy atom. The summed E-state index contributed by atoms with van der Waals surface area (Å²) in [5, 5.41) is 10.7. The van der Waals surface area contributed by atoms with Gasteiger partial charge in [0.25, 0.3) is 0 Å². The van der Waals surface area contributed by atoms with Crippen molar-refractivity contribution < 1.29 is 4.74 Å². The molecule has 106 valence electrons. The lowest BCUT2D eigenvalue weighted by Gasteiger charge is -2.10. The Hall–Kier alpha value is -2.03. The van der Waals surface area contributed by atoms with Crippen molar-refractivity contribution in [2.75, 3.05) is 19.5 Å². The SMILES string of the molecule is CNc1ncnc(Sc2n[nH]c(=O)n2C2CC2)c1OC. The number of nitrogens with one attached hydrogen (secondary N) is 2. The number of methoxy groups -OCH3 is 1. The second-order valence-electron chi connectivity index (χ2n) is 4.33. The van der Waals surface area contributed by atoms with Crippen LogP contribution < -0.4 is 15.7 Å². The second-order valence-corrected chi connectivity index (χ2v) is 5.28. The van der Waals surface area contributed by atoms with Gasteiger partial charge in [-0.15, -0.1) is 5.10 Å². The number of hydrogen-bond acceptors (Lipinski definition) is 7. The first-order valence-corrected chi connectivity index (χ1v) is 6.97. The molecule has 1 aliphatic rings. The van der Waals surface area contributed by atoms with Crippen molar-refractivity contribution in [3.63, 3.8) is 0 Å². The Morgan fingerprint density at radius 2 is 2.30 bits per heavy atom. The molecule has 0 spiro atoms. The third-order valence-electron chi connectivity index (χ3n) is 2.98. The first-order chi connectivity index (χ1) is 9.74. The van der Waals surface area contributed by atoms with E-state index in [0.29, 0.717) is 21.7 Å². The van der Waals surface area contributed by atoms with Crippen LogP contribution in [0.4, 0.5) is 5.82 Å². The average molecular weight is 294 g/mol. The normalized spacial score (nSPS) is 14.3.